The zero-order chi connectivity index (χ0) is 18.2. The highest BCUT2D eigenvalue weighted by molar-refractivity contribution is 5.94. The molecule has 0 radical (unpaired) electrons. The highest BCUT2D eigenvalue weighted by Crippen LogP contribution is 2.32. The number of benzene rings is 1. The lowest BCUT2D eigenvalue weighted by atomic mass is 10.2. The first kappa shape index (κ1) is 15.8. The number of amides is 1. The van der Waals surface area contributed by atoms with Crippen LogP contribution in [0, 0.1) is 0 Å². The summed E-state index contributed by atoms with van der Waals surface area (Å²) in [6.45, 7) is 1.36. The molecule has 0 spiro atoms. The standard InChI is InChI=1S/C21H18N4O2/c26-21(15-5-2-1-3-6-15)24-11-8-17(13-24)25-19(16-9-12-27-14-16)23-18-7-4-10-22-20(18)25/h1-7,9-10,12,14,17H,8,11,13H2/t17-/m0/s1. The summed E-state index contributed by atoms with van der Waals surface area (Å²) in [7, 11) is 0. The third kappa shape index (κ3) is 2.70. The fraction of sp³-hybridized carbons (Fsp3) is 0.190. The van der Waals surface area contributed by atoms with Crippen LogP contribution in [0.2, 0.25) is 0 Å². The van der Waals surface area contributed by atoms with Crippen molar-refractivity contribution in [3.05, 3.63) is 72.8 Å². The molecule has 0 N–H and O–H groups in total. The van der Waals surface area contributed by atoms with Crippen molar-refractivity contribution in [2.75, 3.05) is 13.1 Å². The maximum atomic E-state index is 12.8. The number of carbonyl (C=O) groups excluding carboxylic acids is 1. The van der Waals surface area contributed by atoms with Crippen LogP contribution in [0.4, 0.5) is 0 Å². The first-order chi connectivity index (χ1) is 13.3. The molecule has 0 unspecified atom stereocenters. The number of imidazole rings is 1. The summed E-state index contributed by atoms with van der Waals surface area (Å²) in [5.74, 6) is 0.900. The first-order valence-corrected chi connectivity index (χ1v) is 9.01. The van der Waals surface area contributed by atoms with Gasteiger partial charge in [0, 0.05) is 24.8 Å². The second kappa shape index (κ2) is 6.39. The summed E-state index contributed by atoms with van der Waals surface area (Å²) in [4.78, 5) is 24.0. The second-order valence-corrected chi connectivity index (χ2v) is 6.72. The molecule has 1 fully saturated rings. The molecule has 0 saturated carbocycles. The molecule has 6 nitrogen and oxygen atoms in total. The molecule has 1 atom stereocenters. The van der Waals surface area contributed by atoms with E-state index in [4.69, 9.17) is 9.40 Å². The van der Waals surface area contributed by atoms with Gasteiger partial charge in [0.25, 0.3) is 5.91 Å². The van der Waals surface area contributed by atoms with Crippen LogP contribution in [-0.2, 0) is 0 Å². The lowest BCUT2D eigenvalue weighted by molar-refractivity contribution is 0.0788. The molecule has 1 aliphatic heterocycles. The molecular weight excluding hydrogens is 340 g/mol. The van der Waals surface area contributed by atoms with Crippen molar-refractivity contribution in [2.24, 2.45) is 0 Å². The van der Waals surface area contributed by atoms with Gasteiger partial charge in [-0.25, -0.2) is 9.97 Å². The average molecular weight is 358 g/mol. The molecule has 1 amide bonds. The minimum Gasteiger partial charge on any atom is -0.472 e. The summed E-state index contributed by atoms with van der Waals surface area (Å²) >= 11 is 0. The summed E-state index contributed by atoms with van der Waals surface area (Å²) in [5.41, 5.74) is 3.33. The molecule has 1 aliphatic rings. The Balaban J connectivity index is 1.51. The normalized spacial score (nSPS) is 16.9. The van der Waals surface area contributed by atoms with Crippen molar-refractivity contribution in [3.63, 3.8) is 0 Å². The Labute approximate surface area is 156 Å². The zero-order valence-corrected chi connectivity index (χ0v) is 14.7. The van der Waals surface area contributed by atoms with Crippen LogP contribution in [0.15, 0.2) is 71.7 Å². The molecule has 0 aliphatic carbocycles. The quantitative estimate of drug-likeness (QED) is 0.559. The third-order valence-electron chi connectivity index (χ3n) is 5.06. The monoisotopic (exact) mass is 358 g/mol. The molecule has 0 bridgehead atoms. The van der Waals surface area contributed by atoms with Crippen molar-refractivity contribution in [2.45, 2.75) is 12.5 Å². The van der Waals surface area contributed by atoms with Gasteiger partial charge >= 0.3 is 0 Å². The van der Waals surface area contributed by atoms with Gasteiger partial charge in [-0.05, 0) is 36.8 Å². The molecule has 1 aromatic carbocycles. The van der Waals surface area contributed by atoms with E-state index in [0.717, 1.165) is 41.1 Å². The topological polar surface area (TPSA) is 64.2 Å². The fourth-order valence-corrected chi connectivity index (χ4v) is 3.77. The highest BCUT2D eigenvalue weighted by atomic mass is 16.3. The number of furan rings is 1. The van der Waals surface area contributed by atoms with Crippen LogP contribution in [0.3, 0.4) is 0 Å². The maximum absolute atomic E-state index is 12.8. The van der Waals surface area contributed by atoms with Crippen molar-refractivity contribution in [1.29, 1.82) is 0 Å². The van der Waals surface area contributed by atoms with E-state index in [2.05, 4.69) is 9.55 Å². The van der Waals surface area contributed by atoms with Gasteiger partial charge in [-0.2, -0.15) is 0 Å². The van der Waals surface area contributed by atoms with Crippen molar-refractivity contribution < 1.29 is 9.21 Å². The van der Waals surface area contributed by atoms with E-state index in [-0.39, 0.29) is 11.9 Å². The van der Waals surface area contributed by atoms with Gasteiger partial charge in [0.05, 0.1) is 17.9 Å². The molecular formula is C21H18N4O2. The second-order valence-electron chi connectivity index (χ2n) is 6.72. The van der Waals surface area contributed by atoms with Crippen LogP contribution in [-0.4, -0.2) is 38.4 Å². The Bertz CT molecular complexity index is 1090. The Morgan fingerprint density at radius 3 is 2.81 bits per heavy atom. The zero-order valence-electron chi connectivity index (χ0n) is 14.7. The molecule has 27 heavy (non-hydrogen) atoms. The summed E-state index contributed by atoms with van der Waals surface area (Å²) in [6, 6.07) is 15.3. The smallest absolute Gasteiger partial charge is 0.253 e. The average Bonchev–Trinajstić information content (AvgIpc) is 3.46. The summed E-state index contributed by atoms with van der Waals surface area (Å²) < 4.78 is 7.41. The predicted octanol–water partition coefficient (Wildman–Crippen LogP) is 3.78. The number of fused-ring (bicyclic) bond motifs is 1. The number of likely N-dealkylation sites (tertiary alicyclic amines) is 1. The number of hydrogen-bond donors (Lipinski definition) is 0. The number of rotatable bonds is 3. The van der Waals surface area contributed by atoms with Crippen LogP contribution >= 0.6 is 0 Å². The highest BCUT2D eigenvalue weighted by Gasteiger charge is 2.31. The molecule has 4 aromatic rings. The molecule has 1 saturated heterocycles. The molecule has 3 aromatic heterocycles. The number of aromatic nitrogens is 3. The van der Waals surface area contributed by atoms with Crippen molar-refractivity contribution in [1.82, 2.24) is 19.4 Å². The SMILES string of the molecule is O=C(c1ccccc1)N1CC[C@H](n2c(-c3ccoc3)nc3cccnc32)C1. The number of nitrogens with zero attached hydrogens (tertiary/aromatic N) is 4. The van der Waals surface area contributed by atoms with E-state index < -0.39 is 0 Å². The van der Waals surface area contributed by atoms with E-state index in [1.807, 2.05) is 53.4 Å². The van der Waals surface area contributed by atoms with E-state index in [0.29, 0.717) is 6.54 Å². The van der Waals surface area contributed by atoms with Gasteiger partial charge in [0.1, 0.15) is 17.6 Å². The molecule has 4 heterocycles. The van der Waals surface area contributed by atoms with Gasteiger partial charge in [-0.3, -0.25) is 4.79 Å². The van der Waals surface area contributed by atoms with Gasteiger partial charge in [0.15, 0.2) is 5.65 Å². The van der Waals surface area contributed by atoms with Gasteiger partial charge in [-0.1, -0.05) is 18.2 Å². The Hall–Kier alpha value is -3.41. The van der Waals surface area contributed by atoms with E-state index in [1.165, 1.54) is 0 Å². The molecule has 134 valence electrons. The lowest BCUT2D eigenvalue weighted by Gasteiger charge is -2.18. The largest absolute Gasteiger partial charge is 0.472 e. The lowest BCUT2D eigenvalue weighted by Crippen LogP contribution is -2.29. The Morgan fingerprint density at radius 1 is 1.11 bits per heavy atom. The van der Waals surface area contributed by atoms with Crippen LogP contribution in [0.5, 0.6) is 0 Å². The maximum Gasteiger partial charge on any atom is 0.253 e. The predicted molar refractivity (Wildman–Crippen MR) is 101 cm³/mol. The van der Waals surface area contributed by atoms with Crippen molar-refractivity contribution in [3.8, 4) is 11.4 Å². The van der Waals surface area contributed by atoms with Gasteiger partial charge in [-0.15, -0.1) is 0 Å². The third-order valence-corrected chi connectivity index (χ3v) is 5.06. The number of hydrogen-bond acceptors (Lipinski definition) is 4. The number of pyridine rings is 1. The molecule has 5 rings (SSSR count). The van der Waals surface area contributed by atoms with Crippen LogP contribution in [0.25, 0.3) is 22.6 Å². The van der Waals surface area contributed by atoms with E-state index in [1.54, 1.807) is 18.7 Å². The van der Waals surface area contributed by atoms with Crippen LogP contribution < -0.4 is 0 Å². The minimum atomic E-state index is 0.0698. The van der Waals surface area contributed by atoms with E-state index >= 15 is 0 Å². The molecule has 6 heteroatoms. The van der Waals surface area contributed by atoms with E-state index in [9.17, 15) is 4.79 Å². The summed E-state index contributed by atoms with van der Waals surface area (Å²) in [6.07, 6.45) is 5.98. The van der Waals surface area contributed by atoms with Gasteiger partial charge in [0.2, 0.25) is 0 Å². The summed E-state index contributed by atoms with van der Waals surface area (Å²) in [5, 5.41) is 0. The first-order valence-electron chi connectivity index (χ1n) is 9.01. The minimum absolute atomic E-state index is 0.0698. The number of carbonyl (C=O) groups is 1. The van der Waals surface area contributed by atoms with Crippen molar-refractivity contribution >= 4 is 17.1 Å². The Morgan fingerprint density at radius 2 is 2.00 bits per heavy atom. The van der Waals surface area contributed by atoms with Crippen LogP contribution in [0.1, 0.15) is 22.8 Å². The fourth-order valence-electron chi connectivity index (χ4n) is 3.77. The Kier molecular flexibility index (Phi) is 3.74. The van der Waals surface area contributed by atoms with Gasteiger partial charge < -0.3 is 13.9 Å².